The van der Waals surface area contributed by atoms with E-state index >= 15 is 0 Å². The fourth-order valence-electron chi connectivity index (χ4n) is 3.49. The van der Waals surface area contributed by atoms with Crippen LogP contribution in [0.25, 0.3) is 11.0 Å². The van der Waals surface area contributed by atoms with E-state index in [9.17, 15) is 9.59 Å². The minimum Gasteiger partial charge on any atom is -0.368 e. The summed E-state index contributed by atoms with van der Waals surface area (Å²) < 4.78 is 7.46. The lowest BCUT2D eigenvalue weighted by Gasteiger charge is -2.10. The molecule has 1 aromatic heterocycles. The molecule has 0 radical (unpaired) electrons. The molecule has 0 aliphatic carbocycles. The van der Waals surface area contributed by atoms with Crippen LogP contribution in [-0.2, 0) is 27.8 Å². The van der Waals surface area contributed by atoms with Gasteiger partial charge in [0.15, 0.2) is 0 Å². The second-order valence-corrected chi connectivity index (χ2v) is 7.83. The molecule has 7 nitrogen and oxygen atoms in total. The molecule has 3 rings (SSSR count). The molecule has 1 aromatic carbocycles. The van der Waals surface area contributed by atoms with Gasteiger partial charge in [0.05, 0.1) is 11.0 Å². The van der Waals surface area contributed by atoms with Crippen LogP contribution in [0.3, 0.4) is 0 Å². The van der Waals surface area contributed by atoms with Gasteiger partial charge in [-0.2, -0.15) is 0 Å². The van der Waals surface area contributed by atoms with Crippen LogP contribution in [0.2, 0.25) is 0 Å². The van der Waals surface area contributed by atoms with E-state index in [1.165, 1.54) is 0 Å². The molecule has 1 fully saturated rings. The minimum atomic E-state index is -0.278. The lowest BCUT2D eigenvalue weighted by molar-refractivity contribution is -0.130. The summed E-state index contributed by atoms with van der Waals surface area (Å²) in [4.78, 5) is 28.7. The van der Waals surface area contributed by atoms with Crippen molar-refractivity contribution in [1.82, 2.24) is 14.9 Å². The van der Waals surface area contributed by atoms with Crippen molar-refractivity contribution in [2.45, 2.75) is 52.1 Å². The van der Waals surface area contributed by atoms with Crippen molar-refractivity contribution in [3.63, 3.8) is 0 Å². The molecule has 2 N–H and O–H groups in total. The van der Waals surface area contributed by atoms with Crippen molar-refractivity contribution in [2.75, 3.05) is 18.5 Å². The predicted octanol–water partition coefficient (Wildman–Crippen LogP) is 2.79. The Kier molecular flexibility index (Phi) is 6.67. The van der Waals surface area contributed by atoms with Gasteiger partial charge in [-0.05, 0) is 43.4 Å². The minimum absolute atomic E-state index is 0.00992. The van der Waals surface area contributed by atoms with Crippen LogP contribution >= 0.6 is 0 Å². The number of anilines is 1. The monoisotopic (exact) mass is 386 g/mol. The number of imidazole rings is 1. The van der Waals surface area contributed by atoms with Gasteiger partial charge in [0.2, 0.25) is 11.8 Å². The first-order valence-corrected chi connectivity index (χ1v) is 10.1. The van der Waals surface area contributed by atoms with Gasteiger partial charge in [-0.3, -0.25) is 9.59 Å². The molecule has 0 saturated carbocycles. The van der Waals surface area contributed by atoms with Crippen LogP contribution in [-0.4, -0.2) is 40.6 Å². The molecular formula is C21H30N4O3. The average Bonchev–Trinajstić information content (AvgIpc) is 3.27. The number of nitrogens with zero attached hydrogens (tertiary/aromatic N) is 2. The quantitative estimate of drug-likeness (QED) is 0.683. The molecule has 2 amide bonds. The highest BCUT2D eigenvalue weighted by Gasteiger charge is 2.22. The van der Waals surface area contributed by atoms with E-state index in [0.717, 1.165) is 48.2 Å². The maximum atomic E-state index is 12.0. The van der Waals surface area contributed by atoms with Crippen LogP contribution in [0.1, 0.15) is 45.4 Å². The van der Waals surface area contributed by atoms with Gasteiger partial charge in [0.25, 0.3) is 0 Å². The Hall–Kier alpha value is -2.41. The van der Waals surface area contributed by atoms with Crippen molar-refractivity contribution in [3.05, 3.63) is 24.0 Å². The number of hydrogen-bond donors (Lipinski definition) is 2. The summed E-state index contributed by atoms with van der Waals surface area (Å²) in [5.74, 6) is 1.30. The molecule has 28 heavy (non-hydrogen) atoms. The smallest absolute Gasteiger partial charge is 0.249 e. The van der Waals surface area contributed by atoms with Gasteiger partial charge >= 0.3 is 0 Å². The van der Waals surface area contributed by atoms with Crippen molar-refractivity contribution in [1.29, 1.82) is 0 Å². The number of nitrogens with one attached hydrogen (secondary N) is 2. The lowest BCUT2D eigenvalue weighted by atomic mass is 10.1. The number of hydrogen-bond acceptors (Lipinski definition) is 4. The second kappa shape index (κ2) is 9.19. The van der Waals surface area contributed by atoms with Gasteiger partial charge in [-0.1, -0.05) is 13.8 Å². The van der Waals surface area contributed by atoms with Crippen molar-refractivity contribution >= 4 is 28.5 Å². The highest BCUT2D eigenvalue weighted by molar-refractivity contribution is 5.93. The average molecular weight is 386 g/mol. The Morgan fingerprint density at radius 3 is 2.89 bits per heavy atom. The van der Waals surface area contributed by atoms with Gasteiger partial charge in [0, 0.05) is 38.7 Å². The number of ether oxygens (including phenoxy) is 1. The Morgan fingerprint density at radius 2 is 2.18 bits per heavy atom. The summed E-state index contributed by atoms with van der Waals surface area (Å²) in [7, 11) is 1.99. The Labute approximate surface area is 165 Å². The van der Waals surface area contributed by atoms with Crippen LogP contribution in [0, 0.1) is 5.92 Å². The molecule has 1 aliphatic heterocycles. The van der Waals surface area contributed by atoms with E-state index in [-0.39, 0.29) is 17.9 Å². The Balaban J connectivity index is 1.55. The first-order chi connectivity index (χ1) is 13.4. The predicted molar refractivity (Wildman–Crippen MR) is 109 cm³/mol. The molecular weight excluding hydrogens is 356 g/mol. The summed E-state index contributed by atoms with van der Waals surface area (Å²) in [5, 5.41) is 5.88. The third kappa shape index (κ3) is 5.10. The van der Waals surface area contributed by atoms with E-state index in [1.54, 1.807) is 0 Å². The molecule has 2 aromatic rings. The summed E-state index contributed by atoms with van der Waals surface area (Å²) in [5.41, 5.74) is 2.66. The molecule has 0 unspecified atom stereocenters. The van der Waals surface area contributed by atoms with E-state index in [2.05, 4.69) is 15.2 Å². The molecule has 7 heteroatoms. The van der Waals surface area contributed by atoms with Crippen molar-refractivity contribution in [3.8, 4) is 0 Å². The Bertz CT molecular complexity index is 838. The van der Waals surface area contributed by atoms with Gasteiger partial charge in [-0.15, -0.1) is 0 Å². The van der Waals surface area contributed by atoms with E-state index < -0.39 is 0 Å². The van der Waals surface area contributed by atoms with Crippen LogP contribution in [0.15, 0.2) is 18.2 Å². The standard InChI is InChI=1S/C21H30N4O3/c1-14(2)12-20(26)23-15-8-9-17-16(13-15)24-19(25(17)3)7-4-10-22-21(27)18-6-5-11-28-18/h8-9,13-14,18H,4-7,10-12H2,1-3H3,(H,22,27)(H,23,26)/t18-/m0/s1. The molecule has 1 saturated heterocycles. The molecule has 0 spiro atoms. The van der Waals surface area contributed by atoms with Crippen molar-refractivity contribution in [2.24, 2.45) is 13.0 Å². The van der Waals surface area contributed by atoms with E-state index in [0.29, 0.717) is 25.5 Å². The van der Waals surface area contributed by atoms with Crippen LogP contribution < -0.4 is 10.6 Å². The number of fused-ring (bicyclic) bond motifs is 1. The van der Waals surface area contributed by atoms with Gasteiger partial charge in [0.1, 0.15) is 11.9 Å². The maximum Gasteiger partial charge on any atom is 0.249 e. The van der Waals surface area contributed by atoms with Gasteiger partial charge in [-0.25, -0.2) is 4.98 Å². The number of benzene rings is 1. The number of aromatic nitrogens is 2. The summed E-state index contributed by atoms with van der Waals surface area (Å²) in [6, 6.07) is 5.81. The molecule has 152 valence electrons. The highest BCUT2D eigenvalue weighted by Crippen LogP contribution is 2.21. The number of aryl methyl sites for hydroxylation is 2. The third-order valence-electron chi connectivity index (χ3n) is 4.95. The summed E-state index contributed by atoms with van der Waals surface area (Å²) in [6.07, 6.45) is 3.58. The zero-order chi connectivity index (χ0) is 20.1. The largest absolute Gasteiger partial charge is 0.368 e. The first-order valence-electron chi connectivity index (χ1n) is 10.1. The fraction of sp³-hybridized carbons (Fsp3) is 0.571. The zero-order valence-corrected chi connectivity index (χ0v) is 17.0. The topological polar surface area (TPSA) is 85.2 Å². The maximum absolute atomic E-state index is 12.0. The van der Waals surface area contributed by atoms with Crippen molar-refractivity contribution < 1.29 is 14.3 Å². The van der Waals surface area contributed by atoms with Crippen LogP contribution in [0.4, 0.5) is 5.69 Å². The number of carbonyl (C=O) groups is 2. The normalized spacial score (nSPS) is 16.6. The lowest BCUT2D eigenvalue weighted by Crippen LogP contribution is -2.34. The molecule has 1 aliphatic rings. The summed E-state index contributed by atoms with van der Waals surface area (Å²) >= 11 is 0. The Morgan fingerprint density at radius 1 is 1.36 bits per heavy atom. The van der Waals surface area contributed by atoms with Crippen LogP contribution in [0.5, 0.6) is 0 Å². The summed E-state index contributed by atoms with van der Waals surface area (Å²) in [6.45, 7) is 5.34. The number of carbonyl (C=O) groups excluding carboxylic acids is 2. The number of amides is 2. The first kappa shape index (κ1) is 20.3. The number of rotatable bonds is 8. The molecule has 1 atom stereocenters. The van der Waals surface area contributed by atoms with E-state index in [1.807, 2.05) is 39.1 Å². The SMILES string of the molecule is CC(C)CC(=O)Nc1ccc2c(c1)nc(CCCNC(=O)[C@@H]1CCCO1)n2C. The van der Waals surface area contributed by atoms with Gasteiger partial charge < -0.3 is 19.9 Å². The zero-order valence-electron chi connectivity index (χ0n) is 17.0. The van der Waals surface area contributed by atoms with E-state index in [4.69, 9.17) is 9.72 Å². The fourth-order valence-corrected chi connectivity index (χ4v) is 3.49. The highest BCUT2D eigenvalue weighted by atomic mass is 16.5. The molecule has 0 bridgehead atoms. The third-order valence-corrected chi connectivity index (χ3v) is 4.95. The second-order valence-electron chi connectivity index (χ2n) is 7.83. The molecule has 2 heterocycles.